The van der Waals surface area contributed by atoms with Gasteiger partial charge >= 0.3 is 11.9 Å². The Bertz CT molecular complexity index is 567. The molecule has 0 amide bonds. The predicted octanol–water partition coefficient (Wildman–Crippen LogP) is 2.74. The first-order valence-electron chi connectivity index (χ1n) is 8.10. The normalized spacial score (nSPS) is 21.8. The van der Waals surface area contributed by atoms with Crippen LogP contribution in [0.1, 0.15) is 38.2 Å². The molecular weight excluding hydrogens is 313 g/mol. The molecule has 0 spiro atoms. The summed E-state index contributed by atoms with van der Waals surface area (Å²) < 4.78 is 17.4. The van der Waals surface area contributed by atoms with Crippen LogP contribution in [-0.4, -0.2) is 29.9 Å². The first-order valence-corrected chi connectivity index (χ1v) is 9.71. The maximum atomic E-state index is 12.7. The van der Waals surface area contributed by atoms with Crippen LogP contribution in [0.2, 0.25) is 0 Å². The summed E-state index contributed by atoms with van der Waals surface area (Å²) in [5.74, 6) is -1.32. The van der Waals surface area contributed by atoms with Gasteiger partial charge in [0.15, 0.2) is 5.28 Å². The average Bonchev–Trinajstić information content (AvgIpc) is 3.03. The SMILES string of the molecule is CC(=O)OC(=O)[C@]1([PH](=O)CCCCc2ccccc2)CCCN1. The fourth-order valence-electron chi connectivity index (χ4n) is 2.96. The van der Waals surface area contributed by atoms with Crippen LogP contribution < -0.4 is 5.32 Å². The lowest BCUT2D eigenvalue weighted by molar-refractivity contribution is -0.160. The summed E-state index contributed by atoms with van der Waals surface area (Å²) in [6.07, 6.45) is 4.41. The van der Waals surface area contributed by atoms with Crippen molar-refractivity contribution in [1.29, 1.82) is 0 Å². The summed E-state index contributed by atoms with van der Waals surface area (Å²) >= 11 is 0. The largest absolute Gasteiger partial charge is 0.392 e. The summed E-state index contributed by atoms with van der Waals surface area (Å²) in [5.41, 5.74) is 1.26. The van der Waals surface area contributed by atoms with Crippen LogP contribution in [0.4, 0.5) is 0 Å². The lowest BCUT2D eigenvalue weighted by Gasteiger charge is -2.25. The van der Waals surface area contributed by atoms with E-state index in [9.17, 15) is 14.2 Å². The van der Waals surface area contributed by atoms with Gasteiger partial charge in [0.25, 0.3) is 0 Å². The highest BCUT2D eigenvalue weighted by atomic mass is 31.1. The Hall–Kier alpha value is -1.45. The van der Waals surface area contributed by atoms with E-state index in [4.69, 9.17) is 4.74 Å². The Morgan fingerprint density at radius 2 is 2.00 bits per heavy atom. The maximum absolute atomic E-state index is 12.7. The third-order valence-corrected chi connectivity index (χ3v) is 6.57. The van der Waals surface area contributed by atoms with E-state index in [1.807, 2.05) is 18.2 Å². The molecule has 0 saturated carbocycles. The van der Waals surface area contributed by atoms with Crippen LogP contribution in [0.25, 0.3) is 0 Å². The van der Waals surface area contributed by atoms with Gasteiger partial charge < -0.3 is 9.30 Å². The summed E-state index contributed by atoms with van der Waals surface area (Å²) in [5, 5.41) is 1.90. The predicted molar refractivity (Wildman–Crippen MR) is 90.0 cm³/mol. The Labute approximate surface area is 137 Å². The van der Waals surface area contributed by atoms with E-state index in [0.29, 0.717) is 19.1 Å². The van der Waals surface area contributed by atoms with E-state index in [2.05, 4.69) is 17.4 Å². The molecule has 0 aromatic heterocycles. The summed E-state index contributed by atoms with van der Waals surface area (Å²) in [4.78, 5) is 23.2. The third-order valence-electron chi connectivity index (χ3n) is 4.18. The van der Waals surface area contributed by atoms with Gasteiger partial charge in [0, 0.05) is 13.1 Å². The van der Waals surface area contributed by atoms with Crippen molar-refractivity contribution < 1.29 is 18.9 Å². The first-order chi connectivity index (χ1) is 11.0. The lowest BCUT2D eigenvalue weighted by Crippen LogP contribution is -2.46. The smallest absolute Gasteiger partial charge is 0.341 e. The van der Waals surface area contributed by atoms with Crippen molar-refractivity contribution in [3.63, 3.8) is 0 Å². The lowest BCUT2D eigenvalue weighted by atomic mass is 10.1. The van der Waals surface area contributed by atoms with Gasteiger partial charge in [-0.05, 0) is 44.2 Å². The Balaban J connectivity index is 1.86. The van der Waals surface area contributed by atoms with Crippen LogP contribution in [-0.2, 0) is 25.3 Å². The Morgan fingerprint density at radius 1 is 1.26 bits per heavy atom. The molecular formula is C17H24NO4P. The minimum absolute atomic E-state index is 0.482. The molecule has 1 aromatic carbocycles. The van der Waals surface area contributed by atoms with Crippen LogP contribution in [0, 0.1) is 0 Å². The van der Waals surface area contributed by atoms with E-state index in [0.717, 1.165) is 25.7 Å². The second-order valence-electron chi connectivity index (χ2n) is 5.93. The van der Waals surface area contributed by atoms with Crippen molar-refractivity contribution in [2.24, 2.45) is 0 Å². The molecule has 0 radical (unpaired) electrons. The van der Waals surface area contributed by atoms with Gasteiger partial charge in [0.1, 0.15) is 7.80 Å². The molecule has 1 aliphatic rings. The molecule has 1 saturated heterocycles. The Kier molecular flexibility index (Phi) is 6.55. The molecule has 126 valence electrons. The van der Waals surface area contributed by atoms with E-state index in [-0.39, 0.29) is 0 Å². The molecule has 23 heavy (non-hydrogen) atoms. The molecule has 1 heterocycles. The minimum Gasteiger partial charge on any atom is -0.392 e. The van der Waals surface area contributed by atoms with Crippen LogP contribution in [0.15, 0.2) is 30.3 Å². The van der Waals surface area contributed by atoms with Gasteiger partial charge in [0.05, 0.1) is 0 Å². The van der Waals surface area contributed by atoms with Gasteiger partial charge in [-0.2, -0.15) is 0 Å². The highest BCUT2D eigenvalue weighted by Gasteiger charge is 2.47. The second kappa shape index (κ2) is 8.42. The number of benzene rings is 1. The van der Waals surface area contributed by atoms with Crippen molar-refractivity contribution >= 4 is 19.7 Å². The minimum atomic E-state index is -2.21. The van der Waals surface area contributed by atoms with Gasteiger partial charge in [-0.1, -0.05) is 30.3 Å². The molecule has 6 heteroatoms. The van der Waals surface area contributed by atoms with Gasteiger partial charge in [-0.3, -0.25) is 10.1 Å². The van der Waals surface area contributed by atoms with Crippen LogP contribution in [0.3, 0.4) is 0 Å². The summed E-state index contributed by atoms with van der Waals surface area (Å²) in [6.45, 7) is 1.82. The number of ether oxygens (including phenoxy) is 1. The van der Waals surface area contributed by atoms with E-state index >= 15 is 0 Å². The quantitative estimate of drug-likeness (QED) is 0.358. The van der Waals surface area contributed by atoms with Gasteiger partial charge in [0.2, 0.25) is 0 Å². The van der Waals surface area contributed by atoms with E-state index < -0.39 is 25.0 Å². The number of unbranched alkanes of at least 4 members (excludes halogenated alkanes) is 1. The van der Waals surface area contributed by atoms with E-state index in [1.165, 1.54) is 12.5 Å². The Morgan fingerprint density at radius 3 is 2.61 bits per heavy atom. The number of hydrogen-bond acceptors (Lipinski definition) is 5. The van der Waals surface area contributed by atoms with Crippen molar-refractivity contribution in [3.8, 4) is 0 Å². The van der Waals surface area contributed by atoms with Crippen LogP contribution >= 0.6 is 7.80 Å². The highest BCUT2D eigenvalue weighted by molar-refractivity contribution is 7.47. The van der Waals surface area contributed by atoms with Crippen molar-refractivity contribution in [3.05, 3.63) is 35.9 Å². The molecule has 1 N–H and O–H groups in total. The van der Waals surface area contributed by atoms with Crippen molar-refractivity contribution in [2.45, 2.75) is 44.3 Å². The summed E-state index contributed by atoms with van der Waals surface area (Å²) in [7, 11) is -2.21. The standard InChI is InChI=1S/C17H24NO4P/c1-14(19)22-16(20)17(11-7-12-18-17)23(21)13-6-5-10-15-8-3-2-4-9-15/h2-4,8-9,18,23H,5-7,10-13H2,1H3/t17-/m1/s1. The number of carbonyl (C=O) groups excluding carboxylic acids is 2. The number of esters is 2. The second-order valence-corrected chi connectivity index (χ2v) is 8.13. The molecule has 0 bridgehead atoms. The van der Waals surface area contributed by atoms with Gasteiger partial charge in [-0.25, -0.2) is 4.79 Å². The number of rotatable bonds is 7. The summed E-state index contributed by atoms with van der Waals surface area (Å²) in [6, 6.07) is 10.2. The number of hydrogen-bond donors (Lipinski definition) is 1. The number of carbonyl (C=O) groups is 2. The third kappa shape index (κ3) is 4.76. The van der Waals surface area contributed by atoms with Crippen LogP contribution in [0.5, 0.6) is 0 Å². The van der Waals surface area contributed by atoms with Gasteiger partial charge in [-0.15, -0.1) is 0 Å². The molecule has 1 aromatic rings. The molecule has 5 nitrogen and oxygen atoms in total. The zero-order valence-electron chi connectivity index (χ0n) is 13.5. The molecule has 1 unspecified atom stereocenters. The molecule has 2 atom stereocenters. The fraction of sp³-hybridized carbons (Fsp3) is 0.529. The zero-order chi connectivity index (χ0) is 16.7. The molecule has 0 aliphatic carbocycles. The maximum Gasteiger partial charge on any atom is 0.341 e. The number of aryl methyl sites for hydroxylation is 1. The fourth-order valence-corrected chi connectivity index (χ4v) is 5.01. The zero-order valence-corrected chi connectivity index (χ0v) is 14.5. The average molecular weight is 337 g/mol. The number of nitrogens with one attached hydrogen (secondary N) is 1. The highest BCUT2D eigenvalue weighted by Crippen LogP contribution is 2.44. The topological polar surface area (TPSA) is 72.5 Å². The molecule has 2 rings (SSSR count). The van der Waals surface area contributed by atoms with Crippen molar-refractivity contribution in [2.75, 3.05) is 12.7 Å². The van der Waals surface area contributed by atoms with E-state index in [1.54, 1.807) is 0 Å². The monoisotopic (exact) mass is 337 g/mol. The first kappa shape index (κ1) is 17.9. The van der Waals surface area contributed by atoms with Crippen molar-refractivity contribution in [1.82, 2.24) is 5.32 Å². The molecule has 1 fully saturated rings. The molecule has 1 aliphatic heterocycles.